The van der Waals surface area contributed by atoms with Gasteiger partial charge in [0.25, 0.3) is 0 Å². The summed E-state index contributed by atoms with van der Waals surface area (Å²) in [5.41, 5.74) is 7.07. The number of benzene rings is 1. The van der Waals surface area contributed by atoms with Crippen molar-refractivity contribution in [3.8, 4) is 0 Å². The number of halogens is 1. The largest absolute Gasteiger partial charge is 0.468 e. The van der Waals surface area contributed by atoms with Gasteiger partial charge in [0.2, 0.25) is 0 Å². The molecular formula is C14H19ClN2O2. The van der Waals surface area contributed by atoms with E-state index in [9.17, 15) is 4.79 Å². The van der Waals surface area contributed by atoms with Gasteiger partial charge in [-0.15, -0.1) is 0 Å². The number of hydrogen-bond acceptors (Lipinski definition) is 4. The van der Waals surface area contributed by atoms with Gasteiger partial charge in [-0.25, -0.2) is 0 Å². The molecule has 1 heterocycles. The van der Waals surface area contributed by atoms with Gasteiger partial charge < -0.3 is 10.5 Å². The van der Waals surface area contributed by atoms with Crippen LogP contribution in [0.2, 0.25) is 5.02 Å². The van der Waals surface area contributed by atoms with E-state index >= 15 is 0 Å². The third-order valence-corrected chi connectivity index (χ3v) is 3.82. The molecule has 0 saturated carbocycles. The molecule has 1 aromatic rings. The molecule has 1 saturated heterocycles. The fourth-order valence-electron chi connectivity index (χ4n) is 2.52. The summed E-state index contributed by atoms with van der Waals surface area (Å²) < 4.78 is 4.69. The first-order valence-electron chi connectivity index (χ1n) is 6.40. The van der Waals surface area contributed by atoms with E-state index in [1.54, 1.807) is 0 Å². The van der Waals surface area contributed by atoms with Crippen LogP contribution in [-0.4, -0.2) is 37.1 Å². The molecule has 1 fully saturated rings. The Balaban J connectivity index is 1.90. The van der Waals surface area contributed by atoms with Crippen molar-refractivity contribution in [2.45, 2.75) is 19.0 Å². The van der Waals surface area contributed by atoms with E-state index < -0.39 is 6.04 Å². The lowest BCUT2D eigenvalue weighted by molar-refractivity contribution is -0.143. The zero-order valence-electron chi connectivity index (χ0n) is 11.0. The lowest BCUT2D eigenvalue weighted by Gasteiger charge is -2.19. The van der Waals surface area contributed by atoms with Crippen LogP contribution in [0.15, 0.2) is 24.3 Å². The average molecular weight is 283 g/mol. The molecule has 0 spiro atoms. The maximum absolute atomic E-state index is 11.4. The van der Waals surface area contributed by atoms with Crippen molar-refractivity contribution < 1.29 is 9.53 Å². The Labute approximate surface area is 118 Å². The van der Waals surface area contributed by atoms with Crippen LogP contribution in [0.3, 0.4) is 0 Å². The molecule has 1 aliphatic heterocycles. The van der Waals surface area contributed by atoms with E-state index in [4.69, 9.17) is 22.1 Å². The van der Waals surface area contributed by atoms with Gasteiger partial charge in [0.1, 0.15) is 6.04 Å². The third kappa shape index (κ3) is 3.69. The molecule has 5 heteroatoms. The summed E-state index contributed by atoms with van der Waals surface area (Å²) >= 11 is 5.97. The number of rotatable bonds is 4. The lowest BCUT2D eigenvalue weighted by atomic mass is 10.0. The number of hydrogen-bond donors (Lipinski definition) is 1. The summed E-state index contributed by atoms with van der Waals surface area (Å²) in [6.45, 7) is 2.61. The van der Waals surface area contributed by atoms with E-state index in [0.29, 0.717) is 0 Å². The van der Waals surface area contributed by atoms with Crippen LogP contribution in [0.1, 0.15) is 12.0 Å². The third-order valence-electron chi connectivity index (χ3n) is 3.59. The molecule has 19 heavy (non-hydrogen) atoms. The second kappa shape index (κ2) is 6.37. The maximum atomic E-state index is 11.4. The smallest absolute Gasteiger partial charge is 0.322 e. The predicted octanol–water partition coefficient (Wildman–Crippen LogP) is 1.66. The maximum Gasteiger partial charge on any atom is 0.322 e. The number of carbonyl (C=O) groups is 1. The van der Waals surface area contributed by atoms with Crippen LogP contribution in [0.4, 0.5) is 0 Å². The van der Waals surface area contributed by atoms with Crippen LogP contribution in [0.5, 0.6) is 0 Å². The van der Waals surface area contributed by atoms with Gasteiger partial charge in [-0.2, -0.15) is 0 Å². The first-order valence-corrected chi connectivity index (χ1v) is 6.78. The minimum atomic E-state index is -0.519. The molecule has 0 radical (unpaired) electrons. The fourth-order valence-corrected chi connectivity index (χ4v) is 2.73. The summed E-state index contributed by atoms with van der Waals surface area (Å²) in [6, 6.07) is 7.32. The van der Waals surface area contributed by atoms with Gasteiger partial charge in [-0.3, -0.25) is 9.69 Å². The van der Waals surface area contributed by atoms with Crippen LogP contribution >= 0.6 is 11.6 Å². The molecule has 2 rings (SSSR count). The summed E-state index contributed by atoms with van der Waals surface area (Å²) in [5.74, 6) is -0.152. The van der Waals surface area contributed by atoms with Crippen LogP contribution in [-0.2, 0) is 16.1 Å². The Morgan fingerprint density at radius 2 is 2.42 bits per heavy atom. The zero-order chi connectivity index (χ0) is 13.8. The van der Waals surface area contributed by atoms with Crippen molar-refractivity contribution in [2.75, 3.05) is 20.2 Å². The Morgan fingerprint density at radius 3 is 3.11 bits per heavy atom. The van der Waals surface area contributed by atoms with Crippen molar-refractivity contribution in [1.82, 2.24) is 4.90 Å². The highest BCUT2D eigenvalue weighted by Crippen LogP contribution is 2.22. The summed E-state index contributed by atoms with van der Waals surface area (Å²) in [5, 5.41) is 0.750. The van der Waals surface area contributed by atoms with Crippen LogP contribution < -0.4 is 5.73 Å². The van der Waals surface area contributed by atoms with Gasteiger partial charge in [-0.1, -0.05) is 23.7 Å². The van der Waals surface area contributed by atoms with E-state index in [2.05, 4.69) is 11.0 Å². The number of ether oxygens (including phenoxy) is 1. The second-order valence-electron chi connectivity index (χ2n) is 4.96. The number of nitrogens with two attached hydrogens (primary N) is 1. The van der Waals surface area contributed by atoms with Crippen molar-refractivity contribution >= 4 is 17.6 Å². The molecule has 2 atom stereocenters. The number of carbonyl (C=O) groups excluding carboxylic acids is 1. The van der Waals surface area contributed by atoms with Gasteiger partial charge in [0, 0.05) is 18.1 Å². The molecule has 4 nitrogen and oxygen atoms in total. The topological polar surface area (TPSA) is 55.6 Å². The molecule has 0 aliphatic carbocycles. The minimum absolute atomic E-state index is 0.173. The van der Waals surface area contributed by atoms with Gasteiger partial charge in [0.05, 0.1) is 7.11 Å². The molecule has 2 N–H and O–H groups in total. The Kier molecular flexibility index (Phi) is 4.80. The monoisotopic (exact) mass is 282 g/mol. The van der Waals surface area contributed by atoms with Crippen molar-refractivity contribution in [3.63, 3.8) is 0 Å². The molecule has 1 aliphatic rings. The highest BCUT2D eigenvalue weighted by Gasteiger charge is 2.31. The highest BCUT2D eigenvalue weighted by molar-refractivity contribution is 6.30. The van der Waals surface area contributed by atoms with E-state index in [-0.39, 0.29) is 11.9 Å². The van der Waals surface area contributed by atoms with Crippen molar-refractivity contribution in [1.29, 1.82) is 0 Å². The molecule has 0 amide bonds. The fraction of sp³-hybridized carbons (Fsp3) is 0.500. The second-order valence-corrected chi connectivity index (χ2v) is 5.40. The zero-order valence-corrected chi connectivity index (χ0v) is 11.8. The summed E-state index contributed by atoms with van der Waals surface area (Å²) in [7, 11) is 1.38. The number of nitrogens with zero attached hydrogens (tertiary/aromatic N) is 1. The molecular weight excluding hydrogens is 264 g/mol. The SMILES string of the molecule is COC(=O)C(N)C1CCN(Cc2cccc(Cl)c2)C1. The highest BCUT2D eigenvalue weighted by atomic mass is 35.5. The van der Waals surface area contributed by atoms with Gasteiger partial charge >= 0.3 is 5.97 Å². The molecule has 0 bridgehead atoms. The molecule has 2 unspecified atom stereocenters. The Hall–Kier alpha value is -1.10. The summed E-state index contributed by atoms with van der Waals surface area (Å²) in [6.07, 6.45) is 0.927. The normalized spacial score (nSPS) is 21.3. The first-order chi connectivity index (χ1) is 9.10. The van der Waals surface area contributed by atoms with Crippen LogP contribution in [0.25, 0.3) is 0 Å². The van der Waals surface area contributed by atoms with E-state index in [1.807, 2.05) is 18.2 Å². The van der Waals surface area contributed by atoms with Gasteiger partial charge in [-0.05, 0) is 36.6 Å². The lowest BCUT2D eigenvalue weighted by Crippen LogP contribution is -2.40. The van der Waals surface area contributed by atoms with Crippen molar-refractivity contribution in [2.24, 2.45) is 11.7 Å². The van der Waals surface area contributed by atoms with E-state index in [0.717, 1.165) is 31.1 Å². The number of likely N-dealkylation sites (tertiary alicyclic amines) is 1. The summed E-state index contributed by atoms with van der Waals surface area (Å²) in [4.78, 5) is 13.7. The predicted molar refractivity (Wildman–Crippen MR) is 74.8 cm³/mol. The average Bonchev–Trinajstić information content (AvgIpc) is 2.85. The van der Waals surface area contributed by atoms with Crippen LogP contribution in [0, 0.1) is 5.92 Å². The van der Waals surface area contributed by atoms with Crippen molar-refractivity contribution in [3.05, 3.63) is 34.9 Å². The molecule has 1 aromatic carbocycles. The number of methoxy groups -OCH3 is 1. The molecule has 0 aromatic heterocycles. The minimum Gasteiger partial charge on any atom is -0.468 e. The molecule has 104 valence electrons. The first kappa shape index (κ1) is 14.3. The Bertz CT molecular complexity index is 453. The Morgan fingerprint density at radius 1 is 1.63 bits per heavy atom. The van der Waals surface area contributed by atoms with E-state index in [1.165, 1.54) is 12.7 Å². The number of esters is 1. The standard InChI is InChI=1S/C14H19ClN2O2/c1-19-14(18)13(16)11-5-6-17(9-11)8-10-3-2-4-12(15)7-10/h2-4,7,11,13H,5-6,8-9,16H2,1H3. The van der Waals surface area contributed by atoms with Gasteiger partial charge in [0.15, 0.2) is 0 Å². The quantitative estimate of drug-likeness (QED) is 0.854.